The fraction of sp³-hybridized carbons (Fsp3) is 0.400. The van der Waals surface area contributed by atoms with E-state index in [0.29, 0.717) is 17.4 Å². The molecule has 1 aromatic rings. The standard InChI is InChI=1S/C5H6BrN3O2/c6-2-1-4-5(9(10)11)3-7-8-4/h3H,1-2H2,(H,7,8). The molecule has 1 heterocycles. The minimum atomic E-state index is -0.443. The molecular formula is C5H6BrN3O2. The molecule has 0 atom stereocenters. The van der Waals surface area contributed by atoms with Gasteiger partial charge in [-0.1, -0.05) is 15.9 Å². The number of aryl methyl sites for hydroxylation is 1. The number of aromatic nitrogens is 2. The monoisotopic (exact) mass is 219 g/mol. The van der Waals surface area contributed by atoms with Crippen molar-refractivity contribution in [3.63, 3.8) is 0 Å². The molecule has 0 bridgehead atoms. The van der Waals surface area contributed by atoms with Gasteiger partial charge >= 0.3 is 5.69 Å². The lowest BCUT2D eigenvalue weighted by Gasteiger charge is -1.90. The number of halogens is 1. The lowest BCUT2D eigenvalue weighted by atomic mass is 10.3. The molecule has 0 amide bonds. The third-order valence-electron chi connectivity index (χ3n) is 1.24. The molecule has 0 saturated carbocycles. The molecule has 0 spiro atoms. The van der Waals surface area contributed by atoms with Crippen LogP contribution < -0.4 is 0 Å². The van der Waals surface area contributed by atoms with Gasteiger partial charge in [0.05, 0.1) is 4.92 Å². The number of H-pyrrole nitrogens is 1. The molecule has 1 aromatic heterocycles. The number of alkyl halides is 1. The molecular weight excluding hydrogens is 214 g/mol. The minimum absolute atomic E-state index is 0.0597. The highest BCUT2D eigenvalue weighted by Gasteiger charge is 2.14. The van der Waals surface area contributed by atoms with Gasteiger partial charge in [0, 0.05) is 11.8 Å². The molecule has 0 saturated heterocycles. The average molecular weight is 220 g/mol. The number of aromatic amines is 1. The predicted octanol–water partition coefficient (Wildman–Crippen LogP) is 1.26. The second kappa shape index (κ2) is 3.47. The maximum Gasteiger partial charge on any atom is 0.309 e. The Morgan fingerprint density at radius 1 is 1.82 bits per heavy atom. The molecule has 0 aliphatic heterocycles. The van der Waals surface area contributed by atoms with E-state index in [0.717, 1.165) is 0 Å². The lowest BCUT2D eigenvalue weighted by Crippen LogP contribution is -1.93. The van der Waals surface area contributed by atoms with Crippen LogP contribution >= 0.6 is 15.9 Å². The largest absolute Gasteiger partial charge is 0.309 e. The van der Waals surface area contributed by atoms with Crippen molar-refractivity contribution in [3.05, 3.63) is 22.0 Å². The smallest absolute Gasteiger partial charge is 0.275 e. The van der Waals surface area contributed by atoms with E-state index in [4.69, 9.17) is 0 Å². The van der Waals surface area contributed by atoms with E-state index >= 15 is 0 Å². The van der Waals surface area contributed by atoms with Crippen LogP contribution in [-0.2, 0) is 6.42 Å². The summed E-state index contributed by atoms with van der Waals surface area (Å²) >= 11 is 3.18. The number of hydrogen-bond acceptors (Lipinski definition) is 3. The van der Waals surface area contributed by atoms with E-state index in [1.54, 1.807) is 0 Å². The molecule has 0 fully saturated rings. The van der Waals surface area contributed by atoms with Gasteiger partial charge in [-0.25, -0.2) is 0 Å². The zero-order valence-electron chi connectivity index (χ0n) is 5.58. The second-order valence-electron chi connectivity index (χ2n) is 1.93. The molecule has 5 nitrogen and oxygen atoms in total. The van der Waals surface area contributed by atoms with Crippen LogP contribution in [0.25, 0.3) is 0 Å². The maximum absolute atomic E-state index is 10.3. The Balaban J connectivity index is 2.87. The Labute approximate surface area is 71.1 Å². The van der Waals surface area contributed by atoms with Crippen molar-refractivity contribution < 1.29 is 4.92 Å². The van der Waals surface area contributed by atoms with Gasteiger partial charge < -0.3 is 0 Å². The van der Waals surface area contributed by atoms with Crippen LogP contribution in [0, 0.1) is 10.1 Å². The van der Waals surface area contributed by atoms with Crippen molar-refractivity contribution in [1.29, 1.82) is 0 Å². The molecule has 6 heteroatoms. The zero-order chi connectivity index (χ0) is 8.27. The van der Waals surface area contributed by atoms with Crippen LogP contribution in [-0.4, -0.2) is 20.5 Å². The number of nitrogens with one attached hydrogen (secondary N) is 1. The Hall–Kier alpha value is -0.910. The van der Waals surface area contributed by atoms with Crippen LogP contribution in [0.1, 0.15) is 5.69 Å². The van der Waals surface area contributed by atoms with Crippen molar-refractivity contribution in [2.45, 2.75) is 6.42 Å². The van der Waals surface area contributed by atoms with Crippen molar-refractivity contribution >= 4 is 21.6 Å². The average Bonchev–Trinajstić information content (AvgIpc) is 2.36. The van der Waals surface area contributed by atoms with Gasteiger partial charge in [0.1, 0.15) is 11.9 Å². The summed E-state index contributed by atoms with van der Waals surface area (Å²) in [5.74, 6) is 0. The summed E-state index contributed by atoms with van der Waals surface area (Å²) in [6, 6.07) is 0. The first-order valence-corrected chi connectivity index (χ1v) is 4.10. The van der Waals surface area contributed by atoms with Crippen LogP contribution in [0.4, 0.5) is 5.69 Å². The number of hydrogen-bond donors (Lipinski definition) is 1. The third-order valence-corrected chi connectivity index (χ3v) is 1.63. The first-order valence-electron chi connectivity index (χ1n) is 2.98. The van der Waals surface area contributed by atoms with Gasteiger partial charge in [0.2, 0.25) is 0 Å². The van der Waals surface area contributed by atoms with Gasteiger partial charge in [0.25, 0.3) is 0 Å². The summed E-state index contributed by atoms with van der Waals surface area (Å²) in [7, 11) is 0. The van der Waals surface area contributed by atoms with Gasteiger partial charge in [-0.3, -0.25) is 15.2 Å². The highest BCUT2D eigenvalue weighted by Crippen LogP contribution is 2.14. The molecule has 0 aliphatic carbocycles. The molecule has 11 heavy (non-hydrogen) atoms. The fourth-order valence-electron chi connectivity index (χ4n) is 0.742. The Morgan fingerprint density at radius 3 is 3.09 bits per heavy atom. The summed E-state index contributed by atoms with van der Waals surface area (Å²) in [6.45, 7) is 0. The highest BCUT2D eigenvalue weighted by atomic mass is 79.9. The van der Waals surface area contributed by atoms with Crippen molar-refractivity contribution in [2.24, 2.45) is 0 Å². The van der Waals surface area contributed by atoms with Gasteiger partial charge in [-0.05, 0) is 0 Å². The molecule has 1 rings (SSSR count). The van der Waals surface area contributed by atoms with Crippen LogP contribution in [0.5, 0.6) is 0 Å². The normalized spacial score (nSPS) is 9.91. The summed E-state index contributed by atoms with van der Waals surface area (Å²) < 4.78 is 0. The molecule has 0 aliphatic rings. The number of nitro groups is 1. The van der Waals surface area contributed by atoms with Crippen LogP contribution in [0.15, 0.2) is 6.20 Å². The van der Waals surface area contributed by atoms with E-state index in [2.05, 4.69) is 26.1 Å². The quantitative estimate of drug-likeness (QED) is 0.473. The summed E-state index contributed by atoms with van der Waals surface area (Å²) in [5, 5.41) is 17.1. The summed E-state index contributed by atoms with van der Waals surface area (Å²) in [5.41, 5.74) is 0.622. The molecule has 0 aromatic carbocycles. The zero-order valence-corrected chi connectivity index (χ0v) is 7.17. The Morgan fingerprint density at radius 2 is 2.55 bits per heavy atom. The van der Waals surface area contributed by atoms with E-state index in [9.17, 15) is 10.1 Å². The number of rotatable bonds is 3. The van der Waals surface area contributed by atoms with E-state index in [-0.39, 0.29) is 5.69 Å². The first-order chi connectivity index (χ1) is 5.25. The van der Waals surface area contributed by atoms with Crippen molar-refractivity contribution in [2.75, 3.05) is 5.33 Å². The fourth-order valence-corrected chi connectivity index (χ4v) is 1.14. The third kappa shape index (κ3) is 1.76. The Kier molecular flexibility index (Phi) is 2.58. The highest BCUT2D eigenvalue weighted by molar-refractivity contribution is 9.09. The van der Waals surface area contributed by atoms with Crippen molar-refractivity contribution in [3.8, 4) is 0 Å². The molecule has 0 unspecified atom stereocenters. The van der Waals surface area contributed by atoms with Gasteiger partial charge in [-0.15, -0.1) is 0 Å². The van der Waals surface area contributed by atoms with Gasteiger partial charge in [0.15, 0.2) is 0 Å². The van der Waals surface area contributed by atoms with Crippen LogP contribution in [0.2, 0.25) is 0 Å². The van der Waals surface area contributed by atoms with E-state index in [1.165, 1.54) is 6.20 Å². The minimum Gasteiger partial charge on any atom is -0.275 e. The summed E-state index contributed by atoms with van der Waals surface area (Å²) in [6.07, 6.45) is 1.81. The lowest BCUT2D eigenvalue weighted by molar-refractivity contribution is -0.385. The maximum atomic E-state index is 10.3. The topological polar surface area (TPSA) is 71.8 Å². The van der Waals surface area contributed by atoms with E-state index in [1.807, 2.05) is 0 Å². The summed E-state index contributed by atoms with van der Waals surface area (Å²) in [4.78, 5) is 9.84. The van der Waals surface area contributed by atoms with Gasteiger partial charge in [-0.2, -0.15) is 5.10 Å². The Bertz CT molecular complexity index is 260. The second-order valence-corrected chi connectivity index (χ2v) is 2.72. The SMILES string of the molecule is O=[N+]([O-])c1cn[nH]c1CCBr. The van der Waals surface area contributed by atoms with Crippen molar-refractivity contribution in [1.82, 2.24) is 10.2 Å². The van der Waals surface area contributed by atoms with E-state index < -0.39 is 4.92 Å². The molecule has 1 N–H and O–H groups in total. The van der Waals surface area contributed by atoms with Crippen LogP contribution in [0.3, 0.4) is 0 Å². The molecule has 0 radical (unpaired) electrons. The predicted molar refractivity (Wildman–Crippen MR) is 42.7 cm³/mol. The first kappa shape index (κ1) is 8.19. The number of nitrogens with zero attached hydrogens (tertiary/aromatic N) is 2. The molecule has 60 valence electrons.